The Labute approximate surface area is 206 Å². The van der Waals surface area contributed by atoms with E-state index in [-0.39, 0.29) is 10.2 Å². The van der Waals surface area contributed by atoms with Crippen LogP contribution in [-0.4, -0.2) is 63.4 Å². The number of aromatic nitrogens is 3. The van der Waals surface area contributed by atoms with Gasteiger partial charge in [0.1, 0.15) is 0 Å². The van der Waals surface area contributed by atoms with Crippen molar-refractivity contribution in [1.82, 2.24) is 15.0 Å². The molecule has 0 fully saturated rings. The maximum Gasteiger partial charge on any atom is 0.460 e. The molecule has 0 radical (unpaired) electrons. The molecule has 1 heterocycles. The minimum absolute atomic E-state index is 0.0509. The van der Waals surface area contributed by atoms with Crippen LogP contribution in [0.2, 0.25) is 0 Å². The van der Waals surface area contributed by atoms with Crippen molar-refractivity contribution in [3.05, 3.63) is 47.3 Å². The molecule has 0 aliphatic heterocycles. The summed E-state index contributed by atoms with van der Waals surface area (Å²) in [6.45, 7) is -0.455. The highest BCUT2D eigenvalue weighted by atomic mass is 19.4. The van der Waals surface area contributed by atoms with E-state index in [0.717, 1.165) is 6.92 Å². The average molecular weight is 599 g/mol. The van der Waals surface area contributed by atoms with Crippen molar-refractivity contribution in [3.8, 4) is 0 Å². The van der Waals surface area contributed by atoms with Gasteiger partial charge in [-0.2, -0.15) is 65.9 Å². The molecule has 0 saturated heterocycles. The summed E-state index contributed by atoms with van der Waals surface area (Å²) < 4.78 is 208. The van der Waals surface area contributed by atoms with Crippen LogP contribution in [0.4, 0.5) is 65.9 Å². The number of hydrogen-bond acceptors (Lipinski definition) is 4. The zero-order chi connectivity index (χ0) is 30.5. The van der Waals surface area contributed by atoms with E-state index in [1.54, 1.807) is 0 Å². The number of carbonyl (C=O) groups excluding carboxylic acids is 1. The molecule has 0 N–H and O–H groups in total. The molecule has 1 aromatic carbocycles. The number of esters is 1. The number of carbonyl (C=O) groups is 1. The predicted octanol–water partition coefficient (Wildman–Crippen LogP) is 6.33. The highest BCUT2D eigenvalue weighted by molar-refractivity contribution is 5.89. The molecule has 0 unspecified atom stereocenters. The molecule has 0 atom stereocenters. The van der Waals surface area contributed by atoms with E-state index in [9.17, 15) is 70.7 Å². The Morgan fingerprint density at radius 2 is 1.21 bits per heavy atom. The lowest BCUT2D eigenvalue weighted by atomic mass is 9.89. The molecular weight excluding hydrogens is 587 g/mol. The zero-order valence-corrected chi connectivity index (χ0v) is 18.6. The van der Waals surface area contributed by atoms with Gasteiger partial charge >= 0.3 is 47.7 Å². The van der Waals surface area contributed by atoms with Crippen molar-refractivity contribution in [2.45, 2.75) is 55.2 Å². The lowest BCUT2D eigenvalue weighted by Gasteiger charge is -2.41. The Morgan fingerprint density at radius 3 is 1.67 bits per heavy atom. The molecule has 2 rings (SSSR count). The second kappa shape index (κ2) is 9.76. The van der Waals surface area contributed by atoms with Gasteiger partial charge in [0.2, 0.25) is 0 Å². The number of nitrogens with zero attached hydrogens (tertiary/aromatic N) is 3. The number of hydrogen-bond donors (Lipinski definition) is 0. The van der Waals surface area contributed by atoms with Crippen molar-refractivity contribution in [3.63, 3.8) is 0 Å². The summed E-state index contributed by atoms with van der Waals surface area (Å²) >= 11 is 0. The molecule has 220 valence electrons. The summed E-state index contributed by atoms with van der Waals surface area (Å²) in [4.78, 5) is 12.2. The van der Waals surface area contributed by atoms with Gasteiger partial charge in [-0.3, -0.25) is 0 Å². The van der Waals surface area contributed by atoms with E-state index in [4.69, 9.17) is 0 Å². The molecule has 39 heavy (non-hydrogen) atoms. The third-order valence-corrected chi connectivity index (χ3v) is 5.00. The second-order valence-corrected chi connectivity index (χ2v) is 7.59. The van der Waals surface area contributed by atoms with Crippen LogP contribution in [0.3, 0.4) is 0 Å². The molecule has 0 saturated carbocycles. The maximum absolute atomic E-state index is 14.8. The molecule has 0 amide bonds. The van der Waals surface area contributed by atoms with Crippen LogP contribution in [0.15, 0.2) is 30.3 Å². The molecule has 20 heteroatoms. The highest BCUT2D eigenvalue weighted by Crippen LogP contribution is 2.63. The van der Waals surface area contributed by atoms with Crippen LogP contribution in [0, 0.1) is 0 Å². The monoisotopic (exact) mass is 599 g/mol. The predicted molar refractivity (Wildman–Crippen MR) is 96.2 cm³/mol. The molecule has 5 nitrogen and oxygen atoms in total. The van der Waals surface area contributed by atoms with Crippen LogP contribution in [0.25, 0.3) is 0 Å². The van der Waals surface area contributed by atoms with E-state index in [1.807, 2.05) is 0 Å². The summed E-state index contributed by atoms with van der Waals surface area (Å²) in [6, 6.07) is 6.57. The molecule has 2 aromatic rings. The van der Waals surface area contributed by atoms with Gasteiger partial charge in [-0.15, -0.1) is 5.10 Å². The first-order valence-corrected chi connectivity index (χ1v) is 9.92. The van der Waals surface area contributed by atoms with Gasteiger partial charge in [-0.25, -0.2) is 9.48 Å². The number of halogens is 15. The minimum atomic E-state index is -8.48. The minimum Gasteiger partial charge on any atom is -0.461 e. The van der Waals surface area contributed by atoms with Crippen LogP contribution < -0.4 is 0 Å². The fourth-order valence-corrected chi connectivity index (χ4v) is 2.91. The molecule has 0 spiro atoms. The summed E-state index contributed by atoms with van der Waals surface area (Å²) in [6.07, 6.45) is -7.72. The standard InChI is InChI=1S/C19H12F15N3O2/c1-2-39-12(38)10-11(35-36-37(10)8-9-6-4-3-5-7-9)13(20,21)14(22,23)15(24,25)16(26,27)17(28,29)18(30,31)19(32,33)34/h3-7H,2,8H2,1H3. The van der Waals surface area contributed by atoms with Crippen molar-refractivity contribution in [1.29, 1.82) is 0 Å². The first-order valence-electron chi connectivity index (χ1n) is 9.92. The molecule has 0 bridgehead atoms. The first-order chi connectivity index (χ1) is 17.4. The fraction of sp³-hybridized carbons (Fsp3) is 0.526. The summed E-state index contributed by atoms with van der Waals surface area (Å²) in [5.74, 6) is -50.2. The van der Waals surface area contributed by atoms with Gasteiger partial charge in [0.25, 0.3) is 0 Å². The highest BCUT2D eigenvalue weighted by Gasteiger charge is 2.93. The number of ether oxygens (including phenoxy) is 1. The molecule has 1 aromatic heterocycles. The fourth-order valence-electron chi connectivity index (χ4n) is 2.91. The quantitative estimate of drug-likeness (QED) is 0.237. The van der Waals surface area contributed by atoms with Crippen LogP contribution >= 0.6 is 0 Å². The third kappa shape index (κ3) is 4.74. The Balaban J connectivity index is 2.72. The van der Waals surface area contributed by atoms with Gasteiger partial charge in [-0.05, 0) is 12.5 Å². The van der Waals surface area contributed by atoms with Crippen molar-refractivity contribution in [2.24, 2.45) is 0 Å². The Kier molecular flexibility index (Phi) is 8.00. The maximum atomic E-state index is 14.8. The largest absolute Gasteiger partial charge is 0.461 e. The van der Waals surface area contributed by atoms with Gasteiger partial charge < -0.3 is 4.74 Å². The van der Waals surface area contributed by atoms with Gasteiger partial charge in [0.15, 0.2) is 11.4 Å². The third-order valence-electron chi connectivity index (χ3n) is 5.00. The van der Waals surface area contributed by atoms with Crippen molar-refractivity contribution < 1.29 is 75.4 Å². The molecular formula is C19H12F15N3O2. The number of alkyl halides is 15. The van der Waals surface area contributed by atoms with Crippen LogP contribution in [0.1, 0.15) is 28.7 Å². The second-order valence-electron chi connectivity index (χ2n) is 7.59. The van der Waals surface area contributed by atoms with E-state index in [1.165, 1.54) is 30.3 Å². The van der Waals surface area contributed by atoms with Crippen molar-refractivity contribution >= 4 is 5.97 Å². The Bertz CT molecular complexity index is 1180. The SMILES string of the molecule is CCOC(=O)c1c(C(F)(F)C(F)(F)C(F)(F)C(F)(F)C(F)(F)C(F)(F)C(F)(F)F)nnn1Cc1ccccc1. The van der Waals surface area contributed by atoms with E-state index in [0.29, 0.717) is 0 Å². The number of benzene rings is 1. The van der Waals surface area contributed by atoms with Crippen LogP contribution in [-0.2, 0) is 17.2 Å². The van der Waals surface area contributed by atoms with Gasteiger partial charge in [-0.1, -0.05) is 35.5 Å². The Morgan fingerprint density at radius 1 is 0.744 bits per heavy atom. The topological polar surface area (TPSA) is 57.0 Å². The van der Waals surface area contributed by atoms with E-state index >= 15 is 0 Å². The smallest absolute Gasteiger partial charge is 0.460 e. The summed E-state index contributed by atoms with van der Waals surface area (Å²) in [5.41, 5.74) is -4.67. The lowest BCUT2D eigenvalue weighted by molar-refractivity contribution is -0.454. The van der Waals surface area contributed by atoms with Crippen LogP contribution in [0.5, 0.6) is 0 Å². The number of rotatable bonds is 10. The lowest BCUT2D eigenvalue weighted by Crippen LogP contribution is -2.72. The summed E-state index contributed by atoms with van der Waals surface area (Å²) in [7, 11) is 0. The van der Waals surface area contributed by atoms with Crippen molar-refractivity contribution in [2.75, 3.05) is 6.61 Å². The van der Waals surface area contributed by atoms with Gasteiger partial charge in [0, 0.05) is 0 Å². The molecule has 0 aliphatic carbocycles. The van der Waals surface area contributed by atoms with E-state index < -0.39 is 72.2 Å². The average Bonchev–Trinajstić information content (AvgIpc) is 3.22. The molecule has 0 aliphatic rings. The normalized spacial score (nSPS) is 14.5. The first kappa shape index (κ1) is 32.0. The summed E-state index contributed by atoms with van der Waals surface area (Å²) in [5, 5.41) is 5.25. The van der Waals surface area contributed by atoms with Gasteiger partial charge in [0.05, 0.1) is 13.2 Å². The Hall–Kier alpha value is -3.22. The zero-order valence-electron chi connectivity index (χ0n) is 18.6. The van der Waals surface area contributed by atoms with E-state index in [2.05, 4.69) is 15.0 Å².